The Hall–Kier alpha value is -3.40. The van der Waals surface area contributed by atoms with E-state index in [-0.39, 0.29) is 18.3 Å². The van der Waals surface area contributed by atoms with Gasteiger partial charge in [-0.2, -0.15) is 0 Å². The molecule has 3 aromatic rings. The van der Waals surface area contributed by atoms with Crippen LogP contribution in [0.4, 0.5) is 5.69 Å². The van der Waals surface area contributed by atoms with E-state index in [0.717, 1.165) is 27.9 Å². The van der Waals surface area contributed by atoms with Crippen molar-refractivity contribution < 1.29 is 14.3 Å². The number of carbonyl (C=O) groups excluding carboxylic acids is 2. The van der Waals surface area contributed by atoms with Gasteiger partial charge < -0.3 is 9.64 Å². The Kier molecular flexibility index (Phi) is 5.17. The number of hydrogen-bond donors (Lipinski definition) is 0. The number of esters is 1. The summed E-state index contributed by atoms with van der Waals surface area (Å²) in [7, 11) is 0. The molecule has 4 heteroatoms. The lowest BCUT2D eigenvalue weighted by molar-refractivity contribution is -0.139. The molecule has 1 amide bonds. The van der Waals surface area contributed by atoms with Gasteiger partial charge >= 0.3 is 5.97 Å². The number of rotatable bonds is 4. The molecular formula is C25H23NO3. The maximum absolute atomic E-state index is 12.9. The zero-order valence-electron chi connectivity index (χ0n) is 16.6. The summed E-state index contributed by atoms with van der Waals surface area (Å²) in [4.78, 5) is 27.2. The van der Waals surface area contributed by atoms with Gasteiger partial charge in [-0.3, -0.25) is 9.59 Å². The standard InChI is InChI=1S/C25H23NO3/c1-17-12-13-18(2)22(14-17)26-16-20(15-24(26)27)25(28)29-23-11-7-6-10-21(23)19-8-4-3-5-9-19/h3-14,20H,15-16H2,1-2H3/t20-/m1/s1. The minimum absolute atomic E-state index is 0.0444. The van der Waals surface area contributed by atoms with Crippen molar-refractivity contribution in [1.29, 1.82) is 0 Å². The van der Waals surface area contributed by atoms with E-state index in [1.54, 1.807) is 11.0 Å². The van der Waals surface area contributed by atoms with Crippen LogP contribution in [-0.4, -0.2) is 18.4 Å². The van der Waals surface area contributed by atoms with Crippen LogP contribution in [0, 0.1) is 19.8 Å². The number of amides is 1. The van der Waals surface area contributed by atoms with Crippen LogP contribution < -0.4 is 9.64 Å². The first-order chi connectivity index (χ1) is 14.0. The summed E-state index contributed by atoms with van der Waals surface area (Å²) in [6, 6.07) is 23.3. The van der Waals surface area contributed by atoms with E-state index >= 15 is 0 Å². The molecule has 4 rings (SSSR count). The van der Waals surface area contributed by atoms with Gasteiger partial charge in [-0.1, -0.05) is 60.7 Å². The Balaban J connectivity index is 1.54. The van der Waals surface area contributed by atoms with Gasteiger partial charge in [-0.05, 0) is 42.7 Å². The Bertz CT molecular complexity index is 1060. The van der Waals surface area contributed by atoms with Crippen LogP contribution in [0.5, 0.6) is 5.75 Å². The quantitative estimate of drug-likeness (QED) is 0.473. The number of anilines is 1. The van der Waals surface area contributed by atoms with Crippen molar-refractivity contribution in [2.24, 2.45) is 5.92 Å². The molecule has 0 N–H and O–H groups in total. The van der Waals surface area contributed by atoms with Crippen molar-refractivity contribution in [3.63, 3.8) is 0 Å². The van der Waals surface area contributed by atoms with Crippen LogP contribution in [0.15, 0.2) is 72.8 Å². The van der Waals surface area contributed by atoms with E-state index in [4.69, 9.17) is 4.74 Å². The van der Waals surface area contributed by atoms with E-state index in [9.17, 15) is 9.59 Å². The molecule has 0 radical (unpaired) electrons. The molecule has 146 valence electrons. The lowest BCUT2D eigenvalue weighted by Crippen LogP contribution is -2.28. The van der Waals surface area contributed by atoms with E-state index in [1.807, 2.05) is 80.6 Å². The number of para-hydroxylation sites is 1. The molecule has 1 heterocycles. The molecule has 0 saturated carbocycles. The third kappa shape index (κ3) is 3.92. The Morgan fingerprint density at radius 2 is 1.69 bits per heavy atom. The van der Waals surface area contributed by atoms with Gasteiger partial charge in [0, 0.05) is 24.2 Å². The molecule has 1 aliphatic rings. The molecule has 1 fully saturated rings. The van der Waals surface area contributed by atoms with Gasteiger partial charge in [0.1, 0.15) is 5.75 Å². The van der Waals surface area contributed by atoms with Crippen molar-refractivity contribution >= 4 is 17.6 Å². The zero-order valence-corrected chi connectivity index (χ0v) is 16.6. The second-order valence-corrected chi connectivity index (χ2v) is 7.48. The van der Waals surface area contributed by atoms with Crippen LogP contribution in [0.2, 0.25) is 0 Å². The van der Waals surface area contributed by atoms with Crippen LogP contribution in [0.25, 0.3) is 11.1 Å². The summed E-state index contributed by atoms with van der Waals surface area (Å²) in [5.74, 6) is -0.376. The van der Waals surface area contributed by atoms with Gasteiger partial charge in [0.05, 0.1) is 5.92 Å². The number of hydrogen-bond acceptors (Lipinski definition) is 3. The molecule has 29 heavy (non-hydrogen) atoms. The van der Waals surface area contributed by atoms with Crippen molar-refractivity contribution in [3.05, 3.63) is 83.9 Å². The fourth-order valence-electron chi connectivity index (χ4n) is 3.71. The monoisotopic (exact) mass is 385 g/mol. The Labute approximate surface area is 170 Å². The number of benzene rings is 3. The maximum atomic E-state index is 12.9. The molecule has 1 saturated heterocycles. The normalized spacial score (nSPS) is 16.1. The second kappa shape index (κ2) is 7.92. The van der Waals surface area contributed by atoms with Gasteiger partial charge in [0.25, 0.3) is 0 Å². The molecular weight excluding hydrogens is 362 g/mol. The number of ether oxygens (including phenoxy) is 1. The highest BCUT2D eigenvalue weighted by Crippen LogP contribution is 2.33. The van der Waals surface area contributed by atoms with Crippen LogP contribution >= 0.6 is 0 Å². The Morgan fingerprint density at radius 1 is 0.966 bits per heavy atom. The third-order valence-corrected chi connectivity index (χ3v) is 5.30. The summed E-state index contributed by atoms with van der Waals surface area (Å²) < 4.78 is 5.75. The van der Waals surface area contributed by atoms with Crippen molar-refractivity contribution in [2.45, 2.75) is 20.3 Å². The highest BCUT2D eigenvalue weighted by molar-refractivity contribution is 6.00. The molecule has 0 unspecified atom stereocenters. The maximum Gasteiger partial charge on any atom is 0.316 e. The van der Waals surface area contributed by atoms with Crippen LogP contribution in [0.1, 0.15) is 17.5 Å². The Morgan fingerprint density at radius 3 is 2.48 bits per heavy atom. The minimum atomic E-state index is -0.480. The number of aryl methyl sites for hydroxylation is 2. The van der Waals surface area contributed by atoms with Gasteiger partial charge in [-0.15, -0.1) is 0 Å². The van der Waals surface area contributed by atoms with Crippen molar-refractivity contribution in [1.82, 2.24) is 0 Å². The number of nitrogens with zero attached hydrogens (tertiary/aromatic N) is 1. The first kappa shape index (κ1) is 18.9. The van der Waals surface area contributed by atoms with Gasteiger partial charge in [0.2, 0.25) is 5.91 Å². The van der Waals surface area contributed by atoms with Crippen molar-refractivity contribution in [2.75, 3.05) is 11.4 Å². The fraction of sp³-hybridized carbons (Fsp3) is 0.200. The first-order valence-electron chi connectivity index (χ1n) is 9.76. The minimum Gasteiger partial charge on any atom is -0.426 e. The molecule has 1 atom stereocenters. The summed E-state index contributed by atoms with van der Waals surface area (Å²) in [6.07, 6.45) is 0.166. The molecule has 1 aliphatic heterocycles. The summed E-state index contributed by atoms with van der Waals surface area (Å²) in [6.45, 7) is 4.31. The van der Waals surface area contributed by atoms with E-state index in [1.165, 1.54) is 0 Å². The lowest BCUT2D eigenvalue weighted by atomic mass is 10.0. The molecule has 0 aromatic heterocycles. The van der Waals surface area contributed by atoms with Crippen molar-refractivity contribution in [3.8, 4) is 16.9 Å². The topological polar surface area (TPSA) is 46.6 Å². The SMILES string of the molecule is Cc1ccc(C)c(N2C[C@H](C(=O)Oc3ccccc3-c3ccccc3)CC2=O)c1. The summed E-state index contributed by atoms with van der Waals surface area (Å²) in [5, 5.41) is 0. The lowest BCUT2D eigenvalue weighted by Gasteiger charge is -2.19. The molecule has 0 bridgehead atoms. The zero-order chi connectivity index (χ0) is 20.4. The predicted octanol–water partition coefficient (Wildman–Crippen LogP) is 4.93. The van der Waals surface area contributed by atoms with Gasteiger partial charge in [0.15, 0.2) is 0 Å². The summed E-state index contributed by atoms with van der Waals surface area (Å²) >= 11 is 0. The summed E-state index contributed by atoms with van der Waals surface area (Å²) in [5.41, 5.74) is 4.82. The average molecular weight is 385 g/mol. The molecule has 0 spiro atoms. The van der Waals surface area contributed by atoms with E-state index in [2.05, 4.69) is 0 Å². The van der Waals surface area contributed by atoms with E-state index in [0.29, 0.717) is 12.3 Å². The predicted molar refractivity (Wildman–Crippen MR) is 114 cm³/mol. The third-order valence-electron chi connectivity index (χ3n) is 5.30. The largest absolute Gasteiger partial charge is 0.426 e. The highest BCUT2D eigenvalue weighted by atomic mass is 16.5. The fourth-order valence-corrected chi connectivity index (χ4v) is 3.71. The van der Waals surface area contributed by atoms with Crippen LogP contribution in [-0.2, 0) is 9.59 Å². The number of carbonyl (C=O) groups is 2. The van der Waals surface area contributed by atoms with Gasteiger partial charge in [-0.25, -0.2) is 0 Å². The van der Waals surface area contributed by atoms with Crippen LogP contribution in [0.3, 0.4) is 0 Å². The molecule has 4 nitrogen and oxygen atoms in total. The molecule has 3 aromatic carbocycles. The molecule has 0 aliphatic carbocycles. The van der Waals surface area contributed by atoms with E-state index < -0.39 is 5.92 Å². The smallest absolute Gasteiger partial charge is 0.316 e. The first-order valence-corrected chi connectivity index (χ1v) is 9.76. The second-order valence-electron chi connectivity index (χ2n) is 7.48. The highest BCUT2D eigenvalue weighted by Gasteiger charge is 2.37. The average Bonchev–Trinajstić information content (AvgIpc) is 3.12.